The number of amides is 1. The zero-order chi connectivity index (χ0) is 23.2. The Balaban J connectivity index is 4.02. The van der Waals surface area contributed by atoms with Crippen LogP contribution < -0.4 is 5.73 Å². The van der Waals surface area contributed by atoms with Crippen molar-refractivity contribution in [1.82, 2.24) is 0 Å². The first-order valence-corrected chi connectivity index (χ1v) is 10.6. The molecule has 1 rings (SSSR count). The van der Waals surface area contributed by atoms with E-state index in [0.29, 0.717) is 25.0 Å². The van der Waals surface area contributed by atoms with E-state index >= 15 is 0 Å². The summed E-state index contributed by atoms with van der Waals surface area (Å²) >= 11 is 0. The van der Waals surface area contributed by atoms with Crippen LogP contribution in [0, 0.1) is 56.2 Å². The average molecular weight is 416 g/mol. The van der Waals surface area contributed by atoms with E-state index in [-0.39, 0.29) is 18.8 Å². The van der Waals surface area contributed by atoms with Crippen LogP contribution in [0.3, 0.4) is 0 Å². The molecule has 1 fully saturated rings. The van der Waals surface area contributed by atoms with Gasteiger partial charge in [0.1, 0.15) is 0 Å². The number of nitrogens with zero attached hydrogens (tertiary/aromatic N) is 4. The van der Waals surface area contributed by atoms with Crippen molar-refractivity contribution in [3.05, 3.63) is 0 Å². The van der Waals surface area contributed by atoms with Gasteiger partial charge in [0.15, 0.2) is 10.8 Å². The highest BCUT2D eigenvalue weighted by molar-refractivity contribution is 5.88. The normalized spacial score (nSPS) is 27.5. The third-order valence-electron chi connectivity index (χ3n) is 6.93. The van der Waals surface area contributed by atoms with Gasteiger partial charge in [-0.2, -0.15) is 15.8 Å². The maximum atomic E-state index is 13.0. The van der Waals surface area contributed by atoms with Crippen LogP contribution >= 0.6 is 0 Å². The number of carbonyl (C=O) groups is 1. The lowest BCUT2D eigenvalue weighted by molar-refractivity contribution is -0.321. The van der Waals surface area contributed by atoms with Gasteiger partial charge in [0, 0.05) is 0 Å². The zero-order valence-corrected chi connectivity index (χ0v) is 18.9. The number of ether oxygens (including phenoxy) is 1. The lowest BCUT2D eigenvalue weighted by Crippen LogP contribution is -2.72. The number of nitriles is 3. The molecule has 30 heavy (non-hydrogen) atoms. The summed E-state index contributed by atoms with van der Waals surface area (Å²) in [5, 5.41) is 35.0. The van der Waals surface area contributed by atoms with Gasteiger partial charge in [-0.05, 0) is 32.1 Å². The van der Waals surface area contributed by atoms with E-state index in [4.69, 9.17) is 15.3 Å². The van der Waals surface area contributed by atoms with Gasteiger partial charge in [0.2, 0.25) is 12.2 Å². The molecule has 0 saturated carbocycles. The molecule has 2 N–H and O–H groups in total. The lowest BCUT2D eigenvalue weighted by Gasteiger charge is -2.58. The molecular formula is C22H33N5O3. The predicted molar refractivity (Wildman–Crippen MR) is 111 cm³/mol. The molecule has 3 unspecified atom stereocenters. The SMILES string of the molecule is CCC(C)=NOC1OC(C(CC)CC)C(C#N)(C#N)C(C#N)(C(N)=O)C1(CC)CC. The summed E-state index contributed by atoms with van der Waals surface area (Å²) in [5.41, 5.74) is 0.994. The number of primary amides is 1. The Bertz CT molecular complexity index is 766. The molecule has 1 amide bonds. The summed E-state index contributed by atoms with van der Waals surface area (Å²) in [6.07, 6.45) is 0.125. The molecule has 1 aliphatic heterocycles. The van der Waals surface area contributed by atoms with Crippen molar-refractivity contribution >= 4 is 11.6 Å². The Hall–Kier alpha value is -2.63. The fourth-order valence-corrected chi connectivity index (χ4v) is 4.79. The van der Waals surface area contributed by atoms with E-state index in [0.717, 1.165) is 0 Å². The fraction of sp³-hybridized carbons (Fsp3) is 0.773. The second-order valence-electron chi connectivity index (χ2n) is 7.87. The van der Waals surface area contributed by atoms with Gasteiger partial charge in [0.05, 0.1) is 35.4 Å². The summed E-state index contributed by atoms with van der Waals surface area (Å²) in [6.45, 7) is 11.1. The first-order chi connectivity index (χ1) is 14.2. The van der Waals surface area contributed by atoms with Crippen molar-refractivity contribution in [2.75, 3.05) is 0 Å². The van der Waals surface area contributed by atoms with Gasteiger partial charge < -0.3 is 15.3 Å². The van der Waals surface area contributed by atoms with Crippen molar-refractivity contribution in [2.24, 2.45) is 33.1 Å². The Morgan fingerprint density at radius 2 is 1.63 bits per heavy atom. The molecule has 164 valence electrons. The molecule has 3 atom stereocenters. The van der Waals surface area contributed by atoms with Crippen LogP contribution in [-0.2, 0) is 14.4 Å². The van der Waals surface area contributed by atoms with Crippen molar-refractivity contribution in [1.29, 1.82) is 15.8 Å². The Morgan fingerprint density at radius 3 is 1.97 bits per heavy atom. The van der Waals surface area contributed by atoms with Gasteiger partial charge in [0.25, 0.3) is 0 Å². The first-order valence-electron chi connectivity index (χ1n) is 10.6. The van der Waals surface area contributed by atoms with Gasteiger partial charge in [-0.25, -0.2) is 0 Å². The summed E-state index contributed by atoms with van der Waals surface area (Å²) in [6, 6.07) is 6.06. The third-order valence-corrected chi connectivity index (χ3v) is 6.93. The van der Waals surface area contributed by atoms with E-state index in [1.54, 1.807) is 20.8 Å². The first kappa shape index (κ1) is 25.4. The van der Waals surface area contributed by atoms with Crippen LogP contribution in [0.1, 0.15) is 73.6 Å². The highest BCUT2D eigenvalue weighted by Crippen LogP contribution is 2.64. The van der Waals surface area contributed by atoms with Gasteiger partial charge in [-0.1, -0.05) is 52.6 Å². The number of nitrogens with two attached hydrogens (primary N) is 1. The molecule has 0 aromatic heterocycles. The average Bonchev–Trinajstić information content (AvgIpc) is 2.77. The summed E-state index contributed by atoms with van der Waals surface area (Å²) in [5.74, 6) is -1.27. The van der Waals surface area contributed by atoms with Crippen LogP contribution in [0.5, 0.6) is 0 Å². The molecule has 1 saturated heterocycles. The van der Waals surface area contributed by atoms with Crippen LogP contribution in [-0.4, -0.2) is 24.0 Å². The Labute approximate surface area is 179 Å². The molecule has 1 heterocycles. The van der Waals surface area contributed by atoms with Crippen LogP contribution in [0.4, 0.5) is 0 Å². The molecule has 0 aliphatic carbocycles. The van der Waals surface area contributed by atoms with E-state index in [2.05, 4.69) is 5.16 Å². The maximum Gasteiger partial charge on any atom is 0.241 e. The standard InChI is InChI=1S/C22H33N5O3/c1-7-15(6)27-30-19-20(10-4,11-5)22(14-25,18(26)28)21(12-23,13-24)17(29-19)16(8-2)9-3/h16-17,19H,7-11H2,1-6H3,(H2,26,28). The molecular weight excluding hydrogens is 382 g/mol. The second-order valence-corrected chi connectivity index (χ2v) is 7.87. The quantitative estimate of drug-likeness (QED) is 0.448. The van der Waals surface area contributed by atoms with E-state index < -0.39 is 34.5 Å². The molecule has 0 aromatic carbocycles. The van der Waals surface area contributed by atoms with Crippen LogP contribution in [0.25, 0.3) is 0 Å². The Morgan fingerprint density at radius 1 is 1.10 bits per heavy atom. The fourth-order valence-electron chi connectivity index (χ4n) is 4.79. The number of carbonyl (C=O) groups excluding carboxylic acids is 1. The van der Waals surface area contributed by atoms with Gasteiger partial charge >= 0.3 is 0 Å². The largest absolute Gasteiger partial charge is 0.368 e. The predicted octanol–water partition coefficient (Wildman–Crippen LogP) is 3.79. The molecule has 8 nitrogen and oxygen atoms in total. The number of hydrogen-bond donors (Lipinski definition) is 1. The number of oxime groups is 1. The van der Waals surface area contributed by atoms with Crippen molar-refractivity contribution in [3.8, 4) is 18.2 Å². The maximum absolute atomic E-state index is 13.0. The smallest absolute Gasteiger partial charge is 0.241 e. The van der Waals surface area contributed by atoms with Crippen LogP contribution in [0.15, 0.2) is 5.16 Å². The molecule has 0 aromatic rings. The highest BCUT2D eigenvalue weighted by atomic mass is 16.8. The molecule has 0 bridgehead atoms. The minimum absolute atomic E-state index is 0.228. The van der Waals surface area contributed by atoms with Gasteiger partial charge in [-0.3, -0.25) is 4.79 Å². The van der Waals surface area contributed by atoms with Crippen molar-refractivity contribution < 1.29 is 14.4 Å². The van der Waals surface area contributed by atoms with E-state index in [1.165, 1.54) is 0 Å². The second kappa shape index (κ2) is 9.92. The van der Waals surface area contributed by atoms with Gasteiger partial charge in [-0.15, -0.1) is 0 Å². The minimum Gasteiger partial charge on any atom is -0.368 e. The zero-order valence-electron chi connectivity index (χ0n) is 18.9. The Kier molecular flexibility index (Phi) is 8.40. The molecule has 0 radical (unpaired) electrons. The van der Waals surface area contributed by atoms with E-state index in [1.807, 2.05) is 39.0 Å². The molecule has 8 heteroatoms. The van der Waals surface area contributed by atoms with Crippen molar-refractivity contribution in [2.45, 2.75) is 86.0 Å². The minimum atomic E-state index is -2.14. The lowest BCUT2D eigenvalue weighted by atomic mass is 9.45. The monoisotopic (exact) mass is 415 g/mol. The topological polar surface area (TPSA) is 145 Å². The third kappa shape index (κ3) is 3.32. The number of hydrogen-bond acceptors (Lipinski definition) is 7. The highest BCUT2D eigenvalue weighted by Gasteiger charge is 2.78. The van der Waals surface area contributed by atoms with Crippen LogP contribution in [0.2, 0.25) is 0 Å². The van der Waals surface area contributed by atoms with Crippen molar-refractivity contribution in [3.63, 3.8) is 0 Å². The van der Waals surface area contributed by atoms with E-state index in [9.17, 15) is 20.6 Å². The molecule has 0 spiro atoms. The molecule has 1 aliphatic rings. The summed E-state index contributed by atoms with van der Waals surface area (Å²) in [7, 11) is 0. The summed E-state index contributed by atoms with van der Waals surface area (Å²) < 4.78 is 6.29. The summed E-state index contributed by atoms with van der Waals surface area (Å²) in [4.78, 5) is 18.8. The number of rotatable bonds is 9.